The van der Waals surface area contributed by atoms with Crippen LogP contribution in [0.25, 0.3) is 0 Å². The third-order valence-electron chi connectivity index (χ3n) is 2.34. The summed E-state index contributed by atoms with van der Waals surface area (Å²) in [4.78, 5) is 19.7. The lowest BCUT2D eigenvalue weighted by Crippen LogP contribution is -1.92. The normalized spacial score (nSPS) is 10.5. The van der Waals surface area contributed by atoms with Crippen LogP contribution in [0.15, 0.2) is 33.0 Å². The van der Waals surface area contributed by atoms with Gasteiger partial charge < -0.3 is 4.42 Å². The molecular formula is C12H12N2O2S. The summed E-state index contributed by atoms with van der Waals surface area (Å²) in [7, 11) is 0. The highest BCUT2D eigenvalue weighted by Crippen LogP contribution is 2.27. The van der Waals surface area contributed by atoms with E-state index in [2.05, 4.69) is 9.97 Å². The van der Waals surface area contributed by atoms with Crippen LogP contribution in [0.4, 0.5) is 0 Å². The molecule has 17 heavy (non-hydrogen) atoms. The second-order valence-electron chi connectivity index (χ2n) is 3.66. The van der Waals surface area contributed by atoms with Crippen molar-refractivity contribution in [2.45, 2.75) is 31.0 Å². The van der Waals surface area contributed by atoms with E-state index in [-0.39, 0.29) is 5.78 Å². The van der Waals surface area contributed by atoms with Crippen LogP contribution in [-0.4, -0.2) is 15.8 Å². The van der Waals surface area contributed by atoms with Gasteiger partial charge in [0, 0.05) is 11.8 Å². The second-order valence-corrected chi connectivity index (χ2v) is 4.63. The van der Waals surface area contributed by atoms with Gasteiger partial charge >= 0.3 is 0 Å². The Morgan fingerprint density at radius 2 is 2.18 bits per heavy atom. The average molecular weight is 248 g/mol. The lowest BCUT2D eigenvalue weighted by Gasteiger charge is -1.98. The number of hydrogen-bond donors (Lipinski definition) is 0. The minimum absolute atomic E-state index is 0.0222. The van der Waals surface area contributed by atoms with Crippen LogP contribution in [0.5, 0.6) is 0 Å². The predicted octanol–water partition coefficient (Wildman–Crippen LogP) is 3.04. The number of aryl methyl sites for hydroxylation is 2. The first-order valence-corrected chi connectivity index (χ1v) is 5.97. The fourth-order valence-corrected chi connectivity index (χ4v) is 2.09. The fourth-order valence-electron chi connectivity index (χ4n) is 1.26. The van der Waals surface area contributed by atoms with Gasteiger partial charge in [0.1, 0.15) is 10.8 Å². The van der Waals surface area contributed by atoms with Crippen molar-refractivity contribution < 1.29 is 9.21 Å². The number of carbonyl (C=O) groups excluding carboxylic acids is 1. The van der Waals surface area contributed by atoms with Crippen LogP contribution >= 0.6 is 11.8 Å². The topological polar surface area (TPSA) is 56.0 Å². The summed E-state index contributed by atoms with van der Waals surface area (Å²) < 4.78 is 5.45. The Hall–Kier alpha value is -1.62. The summed E-state index contributed by atoms with van der Waals surface area (Å²) in [5.41, 5.74) is 1.51. The Kier molecular flexibility index (Phi) is 3.28. The van der Waals surface area contributed by atoms with Gasteiger partial charge in [0.25, 0.3) is 5.22 Å². The summed E-state index contributed by atoms with van der Waals surface area (Å²) in [6.07, 6.45) is 1.61. The molecular weight excluding hydrogens is 236 g/mol. The largest absolute Gasteiger partial charge is 0.436 e. The number of carbonyl (C=O) groups is 1. The first kappa shape index (κ1) is 11.9. The molecule has 0 saturated carbocycles. The second kappa shape index (κ2) is 4.71. The SMILES string of the molecule is CC(=O)c1ccnc(Sc2nc(C)c(C)o2)c1. The zero-order valence-electron chi connectivity index (χ0n) is 9.85. The monoisotopic (exact) mass is 248 g/mol. The van der Waals surface area contributed by atoms with Crippen molar-refractivity contribution in [3.63, 3.8) is 0 Å². The van der Waals surface area contributed by atoms with Gasteiger partial charge in [-0.05, 0) is 44.7 Å². The Balaban J connectivity index is 2.24. The molecule has 0 spiro atoms. The molecule has 0 unspecified atom stereocenters. The van der Waals surface area contributed by atoms with Gasteiger partial charge in [-0.15, -0.1) is 0 Å². The van der Waals surface area contributed by atoms with Crippen molar-refractivity contribution in [1.82, 2.24) is 9.97 Å². The summed E-state index contributed by atoms with van der Waals surface area (Å²) in [6.45, 7) is 5.29. The molecule has 4 nitrogen and oxygen atoms in total. The average Bonchev–Trinajstić information content (AvgIpc) is 2.58. The quantitative estimate of drug-likeness (QED) is 0.781. The van der Waals surface area contributed by atoms with E-state index in [1.54, 1.807) is 18.3 Å². The van der Waals surface area contributed by atoms with Crippen LogP contribution < -0.4 is 0 Å². The highest BCUT2D eigenvalue weighted by atomic mass is 32.2. The summed E-state index contributed by atoms with van der Waals surface area (Å²) >= 11 is 1.31. The van der Waals surface area contributed by atoms with Gasteiger partial charge in [-0.1, -0.05) is 0 Å². The van der Waals surface area contributed by atoms with Crippen LogP contribution in [-0.2, 0) is 0 Å². The van der Waals surface area contributed by atoms with Crippen molar-refractivity contribution in [3.8, 4) is 0 Å². The molecule has 0 fully saturated rings. The molecule has 2 aromatic heterocycles. The predicted molar refractivity (Wildman–Crippen MR) is 64.3 cm³/mol. The lowest BCUT2D eigenvalue weighted by atomic mass is 10.2. The molecule has 2 aromatic rings. The Bertz CT molecular complexity index is 544. The number of ketones is 1. The number of pyridine rings is 1. The number of hydrogen-bond acceptors (Lipinski definition) is 5. The van der Waals surface area contributed by atoms with Crippen molar-refractivity contribution in [2.24, 2.45) is 0 Å². The Morgan fingerprint density at radius 3 is 2.76 bits per heavy atom. The maximum Gasteiger partial charge on any atom is 0.262 e. The summed E-state index contributed by atoms with van der Waals surface area (Å²) in [5.74, 6) is 0.823. The van der Waals surface area contributed by atoms with Crippen molar-refractivity contribution in [2.75, 3.05) is 0 Å². The zero-order valence-corrected chi connectivity index (χ0v) is 10.7. The Labute approximate surface area is 103 Å². The van der Waals surface area contributed by atoms with Gasteiger partial charge in [0.05, 0.1) is 5.69 Å². The maximum absolute atomic E-state index is 11.2. The number of oxazole rings is 1. The Morgan fingerprint density at radius 1 is 1.41 bits per heavy atom. The molecule has 0 aliphatic heterocycles. The molecule has 2 rings (SSSR count). The van der Waals surface area contributed by atoms with Gasteiger partial charge in [-0.3, -0.25) is 4.79 Å². The third-order valence-corrected chi connectivity index (χ3v) is 3.12. The van der Waals surface area contributed by atoms with E-state index < -0.39 is 0 Å². The van der Waals surface area contributed by atoms with Crippen LogP contribution in [0, 0.1) is 13.8 Å². The molecule has 0 aliphatic carbocycles. The molecule has 2 heterocycles. The van der Waals surface area contributed by atoms with Gasteiger partial charge in [-0.2, -0.15) is 0 Å². The minimum Gasteiger partial charge on any atom is -0.436 e. The van der Waals surface area contributed by atoms with Crippen molar-refractivity contribution >= 4 is 17.5 Å². The fraction of sp³-hybridized carbons (Fsp3) is 0.250. The van der Waals surface area contributed by atoms with E-state index in [0.29, 0.717) is 15.8 Å². The van der Waals surface area contributed by atoms with E-state index >= 15 is 0 Å². The van der Waals surface area contributed by atoms with Gasteiger partial charge in [0.15, 0.2) is 5.78 Å². The lowest BCUT2D eigenvalue weighted by molar-refractivity contribution is 0.101. The van der Waals surface area contributed by atoms with E-state index in [1.165, 1.54) is 18.7 Å². The number of nitrogens with zero attached hydrogens (tertiary/aromatic N) is 2. The van der Waals surface area contributed by atoms with Crippen LogP contribution in [0.3, 0.4) is 0 Å². The van der Waals surface area contributed by atoms with Crippen LogP contribution in [0.1, 0.15) is 28.7 Å². The van der Waals surface area contributed by atoms with E-state index in [9.17, 15) is 4.79 Å². The van der Waals surface area contributed by atoms with Crippen molar-refractivity contribution in [1.29, 1.82) is 0 Å². The molecule has 0 aromatic carbocycles. The van der Waals surface area contributed by atoms with E-state index in [0.717, 1.165) is 11.5 Å². The standard InChI is InChI=1S/C12H12N2O2S/c1-7-9(3)16-12(14-7)17-11-6-10(8(2)15)4-5-13-11/h4-6H,1-3H3. The zero-order chi connectivity index (χ0) is 12.4. The maximum atomic E-state index is 11.2. The van der Waals surface area contributed by atoms with Gasteiger partial charge in [0.2, 0.25) is 0 Å². The van der Waals surface area contributed by atoms with Gasteiger partial charge in [-0.25, -0.2) is 9.97 Å². The molecule has 0 atom stereocenters. The van der Waals surface area contributed by atoms with Crippen LogP contribution in [0.2, 0.25) is 0 Å². The molecule has 88 valence electrons. The summed E-state index contributed by atoms with van der Waals surface area (Å²) in [5, 5.41) is 1.26. The van der Waals surface area contributed by atoms with E-state index in [1.807, 2.05) is 13.8 Å². The number of aromatic nitrogens is 2. The van der Waals surface area contributed by atoms with E-state index in [4.69, 9.17) is 4.42 Å². The third kappa shape index (κ3) is 2.74. The highest BCUT2D eigenvalue weighted by Gasteiger charge is 2.09. The number of Topliss-reactive ketones (excluding diaryl/α,β-unsaturated/α-hetero) is 1. The number of rotatable bonds is 3. The molecule has 0 amide bonds. The molecule has 0 N–H and O–H groups in total. The molecule has 0 saturated heterocycles. The molecule has 0 radical (unpaired) electrons. The molecule has 0 bridgehead atoms. The summed E-state index contributed by atoms with van der Waals surface area (Å²) in [6, 6.07) is 3.43. The molecule has 0 aliphatic rings. The van der Waals surface area contributed by atoms with Crippen molar-refractivity contribution in [3.05, 3.63) is 35.3 Å². The minimum atomic E-state index is 0.0222. The first-order valence-electron chi connectivity index (χ1n) is 5.15. The molecule has 5 heteroatoms. The smallest absolute Gasteiger partial charge is 0.262 e. The first-order chi connectivity index (χ1) is 8.06. The highest BCUT2D eigenvalue weighted by molar-refractivity contribution is 7.99.